The lowest BCUT2D eigenvalue weighted by atomic mass is 9.97. The Morgan fingerprint density at radius 2 is 2.38 bits per heavy atom. The monoisotopic (exact) mass is 327 g/mol. The Bertz CT molecular complexity index is 696. The smallest absolute Gasteiger partial charge is 0.267 e. The number of carbonyl (C=O) groups is 1. The largest absolute Gasteiger partial charge is 0.357 e. The second-order valence-corrected chi connectivity index (χ2v) is 6.47. The number of H-pyrrole nitrogens is 1. The fraction of sp³-hybridized carbons (Fsp3) is 0.500. The number of aromatic nitrogens is 3. The summed E-state index contributed by atoms with van der Waals surface area (Å²) in [5, 5.41) is 3.06. The van der Waals surface area contributed by atoms with Gasteiger partial charge in [0.2, 0.25) is 0 Å². The molecule has 0 saturated carbocycles. The fourth-order valence-corrected chi connectivity index (χ4v) is 3.25. The number of amides is 1. The van der Waals surface area contributed by atoms with Gasteiger partial charge in [0, 0.05) is 37.6 Å². The van der Waals surface area contributed by atoms with E-state index in [-0.39, 0.29) is 5.91 Å². The van der Waals surface area contributed by atoms with Gasteiger partial charge in [0.15, 0.2) is 0 Å². The van der Waals surface area contributed by atoms with Gasteiger partial charge in [-0.1, -0.05) is 6.92 Å². The van der Waals surface area contributed by atoms with E-state index in [0.717, 1.165) is 49.3 Å². The maximum atomic E-state index is 12.2. The molecule has 1 aliphatic heterocycles. The summed E-state index contributed by atoms with van der Waals surface area (Å²) in [6.07, 6.45) is 8.53. The second kappa shape index (κ2) is 7.47. The second-order valence-electron chi connectivity index (χ2n) is 6.47. The molecular weight excluding hydrogens is 302 g/mol. The molecule has 3 heterocycles. The molecule has 0 aromatic carbocycles. The van der Waals surface area contributed by atoms with Crippen molar-refractivity contribution in [3.05, 3.63) is 41.6 Å². The SMILES string of the molecule is CCc1c[nH]c(C(=O)NCC2CCCN(c3ncncc3C)C2)c1. The third-order valence-electron chi connectivity index (χ3n) is 4.63. The van der Waals surface area contributed by atoms with E-state index in [1.807, 2.05) is 25.4 Å². The lowest BCUT2D eigenvalue weighted by Crippen LogP contribution is -2.41. The molecule has 2 aromatic rings. The van der Waals surface area contributed by atoms with E-state index >= 15 is 0 Å². The molecule has 1 aliphatic rings. The highest BCUT2D eigenvalue weighted by atomic mass is 16.1. The van der Waals surface area contributed by atoms with Crippen LogP contribution in [0.25, 0.3) is 0 Å². The minimum atomic E-state index is -0.0231. The minimum Gasteiger partial charge on any atom is -0.357 e. The van der Waals surface area contributed by atoms with E-state index in [4.69, 9.17) is 0 Å². The third kappa shape index (κ3) is 3.75. The Morgan fingerprint density at radius 3 is 3.12 bits per heavy atom. The van der Waals surface area contributed by atoms with Crippen molar-refractivity contribution in [2.75, 3.05) is 24.5 Å². The molecule has 0 radical (unpaired) electrons. The molecule has 24 heavy (non-hydrogen) atoms. The first-order valence-electron chi connectivity index (χ1n) is 8.64. The summed E-state index contributed by atoms with van der Waals surface area (Å²) in [6, 6.07) is 1.92. The minimum absolute atomic E-state index is 0.0231. The van der Waals surface area contributed by atoms with Gasteiger partial charge < -0.3 is 15.2 Å². The number of hydrogen-bond donors (Lipinski definition) is 2. The summed E-state index contributed by atoms with van der Waals surface area (Å²) in [7, 11) is 0. The van der Waals surface area contributed by atoms with Gasteiger partial charge in [-0.05, 0) is 43.7 Å². The first kappa shape index (κ1) is 16.5. The third-order valence-corrected chi connectivity index (χ3v) is 4.63. The highest BCUT2D eigenvalue weighted by Gasteiger charge is 2.22. The van der Waals surface area contributed by atoms with Gasteiger partial charge in [-0.25, -0.2) is 9.97 Å². The van der Waals surface area contributed by atoms with Crippen LogP contribution in [-0.2, 0) is 6.42 Å². The van der Waals surface area contributed by atoms with Crippen LogP contribution in [0.5, 0.6) is 0 Å². The zero-order valence-corrected chi connectivity index (χ0v) is 14.4. The van der Waals surface area contributed by atoms with Crippen molar-refractivity contribution in [3.63, 3.8) is 0 Å². The summed E-state index contributed by atoms with van der Waals surface area (Å²) in [5.74, 6) is 1.43. The van der Waals surface area contributed by atoms with Crippen molar-refractivity contribution in [2.45, 2.75) is 33.1 Å². The van der Waals surface area contributed by atoms with Gasteiger partial charge in [-0.15, -0.1) is 0 Å². The van der Waals surface area contributed by atoms with Gasteiger partial charge in [-0.3, -0.25) is 4.79 Å². The maximum absolute atomic E-state index is 12.2. The number of rotatable bonds is 5. The fourth-order valence-electron chi connectivity index (χ4n) is 3.25. The molecule has 1 atom stereocenters. The van der Waals surface area contributed by atoms with Crippen LogP contribution in [0.3, 0.4) is 0 Å². The Balaban J connectivity index is 1.56. The van der Waals surface area contributed by atoms with E-state index in [1.165, 1.54) is 0 Å². The molecule has 2 aromatic heterocycles. The molecule has 1 amide bonds. The van der Waals surface area contributed by atoms with Crippen LogP contribution >= 0.6 is 0 Å². The van der Waals surface area contributed by atoms with Gasteiger partial charge >= 0.3 is 0 Å². The van der Waals surface area contributed by atoms with Gasteiger partial charge in [0.25, 0.3) is 5.91 Å². The average molecular weight is 327 g/mol. The van der Waals surface area contributed by atoms with Crippen LogP contribution in [0.1, 0.15) is 41.4 Å². The predicted octanol–water partition coefficient (Wildman–Crippen LogP) is 2.32. The standard InChI is InChI=1S/C18H25N5O/c1-3-14-7-16(20-9-14)18(24)21-10-15-5-4-6-23(11-15)17-13(2)8-19-12-22-17/h7-9,12,15,20H,3-6,10-11H2,1-2H3,(H,21,24). The van der Waals surface area contributed by atoms with Crippen molar-refractivity contribution >= 4 is 11.7 Å². The molecule has 2 N–H and O–H groups in total. The number of nitrogens with zero attached hydrogens (tertiary/aromatic N) is 3. The van der Waals surface area contributed by atoms with E-state index in [0.29, 0.717) is 18.2 Å². The molecule has 6 heteroatoms. The number of hydrogen-bond acceptors (Lipinski definition) is 4. The maximum Gasteiger partial charge on any atom is 0.267 e. The normalized spacial score (nSPS) is 17.8. The average Bonchev–Trinajstić information content (AvgIpc) is 3.10. The molecule has 128 valence electrons. The summed E-state index contributed by atoms with van der Waals surface area (Å²) >= 11 is 0. The Labute approximate surface area is 142 Å². The van der Waals surface area contributed by atoms with Crippen molar-refractivity contribution < 1.29 is 4.79 Å². The summed E-state index contributed by atoms with van der Waals surface area (Å²) in [6.45, 7) is 6.75. The van der Waals surface area contributed by atoms with Gasteiger partial charge in [0.1, 0.15) is 17.8 Å². The van der Waals surface area contributed by atoms with E-state index in [2.05, 4.69) is 32.1 Å². The van der Waals surface area contributed by atoms with Crippen LogP contribution in [0.2, 0.25) is 0 Å². The lowest BCUT2D eigenvalue weighted by molar-refractivity contribution is 0.0941. The number of nitrogens with one attached hydrogen (secondary N) is 2. The quantitative estimate of drug-likeness (QED) is 0.884. The van der Waals surface area contributed by atoms with Crippen molar-refractivity contribution in [1.82, 2.24) is 20.3 Å². The van der Waals surface area contributed by atoms with Crippen LogP contribution in [-0.4, -0.2) is 40.5 Å². The molecule has 1 fully saturated rings. The van der Waals surface area contributed by atoms with Crippen LogP contribution in [0.4, 0.5) is 5.82 Å². The summed E-state index contributed by atoms with van der Waals surface area (Å²) < 4.78 is 0. The van der Waals surface area contributed by atoms with E-state index in [9.17, 15) is 4.79 Å². The molecule has 1 saturated heterocycles. The van der Waals surface area contributed by atoms with Crippen molar-refractivity contribution in [3.8, 4) is 0 Å². The molecular formula is C18H25N5O. The predicted molar refractivity (Wildman–Crippen MR) is 94.2 cm³/mol. The number of piperidine rings is 1. The first-order chi connectivity index (χ1) is 11.7. The number of anilines is 1. The highest BCUT2D eigenvalue weighted by molar-refractivity contribution is 5.92. The topological polar surface area (TPSA) is 73.9 Å². The van der Waals surface area contributed by atoms with Gasteiger partial charge in [0.05, 0.1) is 0 Å². The van der Waals surface area contributed by atoms with Crippen molar-refractivity contribution in [2.24, 2.45) is 5.92 Å². The Hall–Kier alpha value is -2.37. The first-order valence-corrected chi connectivity index (χ1v) is 8.64. The van der Waals surface area contributed by atoms with Crippen LogP contribution < -0.4 is 10.2 Å². The summed E-state index contributed by atoms with van der Waals surface area (Å²) in [5.41, 5.74) is 2.90. The molecule has 6 nitrogen and oxygen atoms in total. The van der Waals surface area contributed by atoms with Crippen LogP contribution in [0, 0.1) is 12.8 Å². The Morgan fingerprint density at radius 1 is 1.50 bits per heavy atom. The molecule has 3 rings (SSSR count). The Kier molecular flexibility index (Phi) is 5.13. The molecule has 1 unspecified atom stereocenters. The number of carbonyl (C=O) groups excluding carboxylic acids is 1. The zero-order valence-electron chi connectivity index (χ0n) is 14.4. The zero-order chi connectivity index (χ0) is 16.9. The summed E-state index contributed by atoms with van der Waals surface area (Å²) in [4.78, 5) is 26.1. The highest BCUT2D eigenvalue weighted by Crippen LogP contribution is 2.23. The number of aromatic amines is 1. The molecule has 0 spiro atoms. The van der Waals surface area contributed by atoms with E-state index in [1.54, 1.807) is 6.33 Å². The van der Waals surface area contributed by atoms with Gasteiger partial charge in [-0.2, -0.15) is 0 Å². The molecule has 0 aliphatic carbocycles. The van der Waals surface area contributed by atoms with Crippen molar-refractivity contribution in [1.29, 1.82) is 0 Å². The molecule has 0 bridgehead atoms. The number of aryl methyl sites for hydroxylation is 2. The van der Waals surface area contributed by atoms with Crippen LogP contribution in [0.15, 0.2) is 24.8 Å². The van der Waals surface area contributed by atoms with E-state index < -0.39 is 0 Å². The lowest BCUT2D eigenvalue weighted by Gasteiger charge is -2.34.